The van der Waals surface area contributed by atoms with Crippen LogP contribution in [0.3, 0.4) is 0 Å². The van der Waals surface area contributed by atoms with E-state index in [4.69, 9.17) is 9.47 Å². The summed E-state index contributed by atoms with van der Waals surface area (Å²) in [4.78, 5) is 8.61. The van der Waals surface area contributed by atoms with Crippen LogP contribution in [0.2, 0.25) is 0 Å². The number of aliphatic imine (C=N–C) groups is 1. The molecule has 0 unspecified atom stereocenters. The van der Waals surface area contributed by atoms with Crippen molar-refractivity contribution in [2.24, 2.45) is 4.99 Å². The van der Waals surface area contributed by atoms with E-state index < -0.39 is 0 Å². The van der Waals surface area contributed by atoms with Gasteiger partial charge >= 0.3 is 0 Å². The summed E-state index contributed by atoms with van der Waals surface area (Å²) in [6.45, 7) is 1.59. The number of hydrogen-bond donors (Lipinski definition) is 2. The van der Waals surface area contributed by atoms with Crippen LogP contribution >= 0.6 is 0 Å². The minimum Gasteiger partial charge on any atom is -0.490 e. The van der Waals surface area contributed by atoms with Gasteiger partial charge in [-0.3, -0.25) is 4.99 Å². The van der Waals surface area contributed by atoms with Gasteiger partial charge in [0.2, 0.25) is 5.88 Å². The number of guanidine groups is 1. The summed E-state index contributed by atoms with van der Waals surface area (Å²) in [7, 11) is 1.78. The van der Waals surface area contributed by atoms with Gasteiger partial charge in [0.25, 0.3) is 0 Å². The number of nitrogens with zero attached hydrogens (tertiary/aromatic N) is 2. The Kier molecular flexibility index (Phi) is 7.09. The molecule has 0 aliphatic heterocycles. The predicted octanol–water partition coefficient (Wildman–Crippen LogP) is 2.92. The Morgan fingerprint density at radius 1 is 1.07 bits per heavy atom. The zero-order chi connectivity index (χ0) is 18.7. The molecule has 1 aromatic heterocycles. The van der Waals surface area contributed by atoms with Crippen LogP contribution in [0.15, 0.2) is 65.8 Å². The molecule has 0 bridgehead atoms. The highest BCUT2D eigenvalue weighted by Gasteiger charge is 2.11. The van der Waals surface area contributed by atoms with Crippen LogP contribution < -0.4 is 20.1 Å². The van der Waals surface area contributed by atoms with Gasteiger partial charge in [0.05, 0.1) is 0 Å². The molecule has 0 amide bonds. The van der Waals surface area contributed by atoms with Crippen LogP contribution in [0.5, 0.6) is 11.6 Å². The standard InChI is InChI=1S/C21H26N4O2/c1-22-21(25-18-7-5-6-8-18)24-16-17-11-12-20(23-15-17)27-14-13-26-19-9-3-2-4-10-19/h2-6,9-12,15,18H,7-8,13-14,16H2,1H3,(H2,22,24,25). The molecule has 27 heavy (non-hydrogen) atoms. The second-order valence-electron chi connectivity index (χ2n) is 6.22. The SMILES string of the molecule is CN=C(NCc1ccc(OCCOc2ccccc2)nc1)NC1CC=CC1. The zero-order valence-corrected chi connectivity index (χ0v) is 15.6. The predicted molar refractivity (Wildman–Crippen MR) is 107 cm³/mol. The lowest BCUT2D eigenvalue weighted by Crippen LogP contribution is -2.42. The maximum atomic E-state index is 5.62. The lowest BCUT2D eigenvalue weighted by atomic mass is 10.2. The third kappa shape index (κ3) is 6.33. The Bertz CT molecular complexity index is 737. The van der Waals surface area contributed by atoms with Crippen molar-refractivity contribution in [1.82, 2.24) is 15.6 Å². The number of ether oxygens (including phenoxy) is 2. The summed E-state index contributed by atoms with van der Waals surface area (Å²) in [6, 6.07) is 14.0. The van der Waals surface area contributed by atoms with Gasteiger partial charge in [-0.25, -0.2) is 4.98 Å². The molecule has 0 saturated heterocycles. The first-order valence-electron chi connectivity index (χ1n) is 9.21. The lowest BCUT2D eigenvalue weighted by molar-refractivity contribution is 0.212. The molecule has 3 rings (SSSR count). The molecule has 2 aromatic rings. The van der Waals surface area contributed by atoms with E-state index in [-0.39, 0.29) is 0 Å². The quantitative estimate of drug-likeness (QED) is 0.325. The monoisotopic (exact) mass is 366 g/mol. The van der Waals surface area contributed by atoms with Crippen LogP contribution in [0.4, 0.5) is 0 Å². The Balaban J connectivity index is 1.36. The zero-order valence-electron chi connectivity index (χ0n) is 15.6. The van der Waals surface area contributed by atoms with Crippen molar-refractivity contribution in [1.29, 1.82) is 0 Å². The first-order chi connectivity index (χ1) is 13.3. The van der Waals surface area contributed by atoms with Crippen LogP contribution in [-0.4, -0.2) is 37.2 Å². The molecular formula is C21H26N4O2. The fourth-order valence-corrected chi connectivity index (χ4v) is 2.73. The average molecular weight is 366 g/mol. The molecule has 2 N–H and O–H groups in total. The Morgan fingerprint density at radius 2 is 1.85 bits per heavy atom. The summed E-state index contributed by atoms with van der Waals surface area (Å²) in [5.41, 5.74) is 1.07. The number of benzene rings is 1. The smallest absolute Gasteiger partial charge is 0.213 e. The third-order valence-corrected chi connectivity index (χ3v) is 4.18. The number of rotatable bonds is 8. The first-order valence-corrected chi connectivity index (χ1v) is 9.21. The van der Waals surface area contributed by atoms with Gasteiger partial charge in [-0.1, -0.05) is 36.4 Å². The lowest BCUT2D eigenvalue weighted by Gasteiger charge is -2.16. The fraction of sp³-hybridized carbons (Fsp3) is 0.333. The minimum absolute atomic E-state index is 0.434. The van der Waals surface area contributed by atoms with Gasteiger partial charge in [-0.15, -0.1) is 0 Å². The highest BCUT2D eigenvalue weighted by molar-refractivity contribution is 5.80. The first kappa shape index (κ1) is 18.8. The molecular weight excluding hydrogens is 340 g/mol. The Morgan fingerprint density at radius 3 is 2.56 bits per heavy atom. The Labute approximate surface area is 160 Å². The molecule has 0 atom stereocenters. The average Bonchev–Trinajstić information content (AvgIpc) is 3.23. The Hall–Kier alpha value is -3.02. The van der Waals surface area contributed by atoms with Crippen LogP contribution in [0.25, 0.3) is 0 Å². The number of pyridine rings is 1. The molecule has 0 saturated carbocycles. The maximum absolute atomic E-state index is 5.62. The number of nitrogens with one attached hydrogen (secondary N) is 2. The van der Waals surface area contributed by atoms with Gasteiger partial charge in [0.1, 0.15) is 19.0 Å². The molecule has 1 heterocycles. The molecule has 0 radical (unpaired) electrons. The van der Waals surface area contributed by atoms with Crippen molar-refractivity contribution < 1.29 is 9.47 Å². The van der Waals surface area contributed by atoms with E-state index in [1.165, 1.54) is 0 Å². The van der Waals surface area contributed by atoms with E-state index in [2.05, 4.69) is 32.8 Å². The van der Waals surface area contributed by atoms with Gasteiger partial charge in [-0.05, 0) is 30.5 Å². The van der Waals surface area contributed by atoms with E-state index in [9.17, 15) is 0 Å². The summed E-state index contributed by atoms with van der Waals surface area (Å²) < 4.78 is 11.2. The highest BCUT2D eigenvalue weighted by Crippen LogP contribution is 2.11. The van der Waals surface area contributed by atoms with Crippen molar-refractivity contribution in [3.63, 3.8) is 0 Å². The normalized spacial score (nSPS) is 14.2. The van der Waals surface area contributed by atoms with E-state index in [1.807, 2.05) is 48.7 Å². The molecule has 6 nitrogen and oxygen atoms in total. The maximum Gasteiger partial charge on any atom is 0.213 e. The number of hydrogen-bond acceptors (Lipinski definition) is 4. The summed E-state index contributed by atoms with van der Waals surface area (Å²) in [5, 5.41) is 6.73. The van der Waals surface area contributed by atoms with E-state index >= 15 is 0 Å². The topological polar surface area (TPSA) is 67.8 Å². The van der Waals surface area contributed by atoms with Gasteiger partial charge in [0.15, 0.2) is 5.96 Å². The van der Waals surface area contributed by atoms with Gasteiger partial charge in [-0.2, -0.15) is 0 Å². The molecule has 1 aliphatic rings. The third-order valence-electron chi connectivity index (χ3n) is 4.18. The fourth-order valence-electron chi connectivity index (χ4n) is 2.73. The van der Waals surface area contributed by atoms with Crippen LogP contribution in [-0.2, 0) is 6.54 Å². The largest absolute Gasteiger partial charge is 0.490 e. The number of para-hydroxylation sites is 1. The van der Waals surface area contributed by atoms with Crippen LogP contribution in [0.1, 0.15) is 18.4 Å². The van der Waals surface area contributed by atoms with Gasteiger partial charge < -0.3 is 20.1 Å². The molecule has 1 aliphatic carbocycles. The van der Waals surface area contributed by atoms with Crippen molar-refractivity contribution in [3.05, 3.63) is 66.4 Å². The van der Waals surface area contributed by atoms with E-state index in [0.29, 0.717) is 31.7 Å². The van der Waals surface area contributed by atoms with E-state index in [1.54, 1.807) is 7.05 Å². The second kappa shape index (κ2) is 10.2. The minimum atomic E-state index is 0.434. The highest BCUT2D eigenvalue weighted by atomic mass is 16.5. The van der Waals surface area contributed by atoms with Crippen molar-refractivity contribution in [2.45, 2.75) is 25.4 Å². The summed E-state index contributed by atoms with van der Waals surface area (Å²) in [6.07, 6.45) is 8.28. The molecule has 1 aromatic carbocycles. The van der Waals surface area contributed by atoms with Gasteiger partial charge in [0, 0.05) is 31.9 Å². The molecule has 0 spiro atoms. The van der Waals surface area contributed by atoms with Crippen LogP contribution in [0, 0.1) is 0 Å². The molecule has 142 valence electrons. The summed E-state index contributed by atoms with van der Waals surface area (Å²) >= 11 is 0. The van der Waals surface area contributed by atoms with Crippen molar-refractivity contribution in [2.75, 3.05) is 20.3 Å². The van der Waals surface area contributed by atoms with E-state index in [0.717, 1.165) is 30.1 Å². The van der Waals surface area contributed by atoms with Crippen molar-refractivity contribution >= 4 is 5.96 Å². The summed E-state index contributed by atoms with van der Waals surface area (Å²) in [5.74, 6) is 2.24. The van der Waals surface area contributed by atoms with Crippen molar-refractivity contribution in [3.8, 4) is 11.6 Å². The number of aromatic nitrogens is 1. The molecule has 0 fully saturated rings. The second-order valence-corrected chi connectivity index (χ2v) is 6.22. The molecule has 6 heteroatoms.